The summed E-state index contributed by atoms with van der Waals surface area (Å²) in [6.45, 7) is 14.2. The van der Waals surface area contributed by atoms with Crippen molar-refractivity contribution in [2.24, 2.45) is 11.8 Å². The van der Waals surface area contributed by atoms with Crippen molar-refractivity contribution in [1.82, 2.24) is 30.1 Å². The Bertz CT molecular complexity index is 2910. The first-order valence-corrected chi connectivity index (χ1v) is 24.7. The molecular weight excluding hydrogens is 909 g/mol. The number of aliphatic hydroxyl groups excluding tert-OH is 1. The summed E-state index contributed by atoms with van der Waals surface area (Å²) in [5, 5.41) is 28.3. The number of carboxylic acid groups (broad SMARTS) is 1. The number of carbonyl (C=O) groups is 4. The van der Waals surface area contributed by atoms with Crippen LogP contribution in [0.15, 0.2) is 127 Å². The van der Waals surface area contributed by atoms with Gasteiger partial charge in [0, 0.05) is 67.2 Å². The van der Waals surface area contributed by atoms with E-state index in [0.717, 1.165) is 56.5 Å². The molecule has 2 amide bonds. The molecule has 0 radical (unpaired) electrons. The third-order valence-corrected chi connectivity index (χ3v) is 13.7. The molecule has 0 saturated carbocycles. The lowest BCUT2D eigenvalue weighted by Gasteiger charge is -2.37. The Labute approximate surface area is 421 Å². The number of likely N-dealkylation sites (tertiary alicyclic amines) is 1. The maximum Gasteiger partial charge on any atom is 0.308 e. The summed E-state index contributed by atoms with van der Waals surface area (Å²) in [5.41, 5.74) is 10.1. The molecule has 4 unspecified atom stereocenters. The number of nitrogens with zero attached hydrogens (tertiary/aromatic N) is 4. The SMILES string of the molecule is Cc1ccc([C@@H](C(=O)N[C@@H](CC(=O)OCC(C)CC(C(O)N[C@@H](CC(=O)O)c2cncc(-c3c(C)cccc3C)c2)n2ccccc2=O)c2cncc(-c3c(C)cccc3C)c2)N2CC(C)CCC2=O)cc1. The summed E-state index contributed by atoms with van der Waals surface area (Å²) in [7, 11) is 0. The number of piperidine rings is 1. The van der Waals surface area contributed by atoms with Crippen LogP contribution in [-0.4, -0.2) is 72.8 Å². The standard InChI is InChI=1S/C58H66N6O8/c1-35-17-20-42(21-18-35)56(64-33-36(2)19-22-51(64)66)58(71)62-48(44-26-46(32-60-30-44)55-40(6)14-11-15-41(55)7)28-53(69)72-34-37(3)24-49(63-23-9-8-16-50(63)65)57(70)61-47(27-52(67)68)43-25-45(31-59-29-43)54-38(4)12-10-13-39(54)5/h8-18,20-21,23,25-26,29-32,36-37,47-49,56-57,61,70H,19,22,24,27-28,33-34H2,1-7H3,(H,62,71)(H,67,68)/t36?,37?,47-,48-,49?,56-,57?/m0/s1. The first-order valence-electron chi connectivity index (χ1n) is 24.7. The average Bonchev–Trinajstić information content (AvgIpc) is 3.34. The van der Waals surface area contributed by atoms with Crippen molar-refractivity contribution in [3.05, 3.63) is 177 Å². The molecule has 0 bridgehead atoms. The third-order valence-electron chi connectivity index (χ3n) is 13.7. The first-order chi connectivity index (χ1) is 34.5. The van der Waals surface area contributed by atoms with Crippen molar-refractivity contribution in [2.75, 3.05) is 13.2 Å². The lowest BCUT2D eigenvalue weighted by Crippen LogP contribution is -2.48. The topological polar surface area (TPSA) is 193 Å². The minimum Gasteiger partial charge on any atom is -0.481 e. The van der Waals surface area contributed by atoms with Crippen LogP contribution in [0.2, 0.25) is 0 Å². The van der Waals surface area contributed by atoms with Gasteiger partial charge in [-0.3, -0.25) is 39.3 Å². The summed E-state index contributed by atoms with van der Waals surface area (Å²) in [4.78, 5) is 78.8. The van der Waals surface area contributed by atoms with E-state index in [1.54, 1.807) is 48.0 Å². The van der Waals surface area contributed by atoms with Crippen molar-refractivity contribution >= 4 is 23.8 Å². The van der Waals surface area contributed by atoms with Gasteiger partial charge in [0.05, 0.1) is 31.5 Å². The van der Waals surface area contributed by atoms with Crippen molar-refractivity contribution in [2.45, 2.75) is 111 Å². The molecule has 1 fully saturated rings. The van der Waals surface area contributed by atoms with Gasteiger partial charge in [-0.25, -0.2) is 0 Å². The molecule has 3 aromatic carbocycles. The lowest BCUT2D eigenvalue weighted by atomic mass is 9.93. The number of carboxylic acids is 1. The van der Waals surface area contributed by atoms with Crippen LogP contribution in [0.5, 0.6) is 0 Å². The smallest absolute Gasteiger partial charge is 0.308 e. The summed E-state index contributed by atoms with van der Waals surface area (Å²) in [5.74, 6) is -2.55. The van der Waals surface area contributed by atoms with Crippen molar-refractivity contribution in [1.29, 1.82) is 0 Å². The van der Waals surface area contributed by atoms with E-state index >= 15 is 0 Å². The predicted molar refractivity (Wildman–Crippen MR) is 276 cm³/mol. The van der Waals surface area contributed by atoms with E-state index in [1.165, 1.54) is 10.6 Å². The largest absolute Gasteiger partial charge is 0.481 e. The Morgan fingerprint density at radius 3 is 1.90 bits per heavy atom. The molecule has 4 heterocycles. The highest BCUT2D eigenvalue weighted by Crippen LogP contribution is 2.34. The van der Waals surface area contributed by atoms with Gasteiger partial charge >= 0.3 is 11.9 Å². The molecule has 3 aromatic heterocycles. The Morgan fingerprint density at radius 1 is 0.750 bits per heavy atom. The molecule has 6 aromatic rings. The second kappa shape index (κ2) is 23.7. The fraction of sp³-hybridized carbons (Fsp3) is 0.362. The summed E-state index contributed by atoms with van der Waals surface area (Å²) < 4.78 is 7.36. The van der Waals surface area contributed by atoms with Crippen LogP contribution < -0.4 is 16.2 Å². The van der Waals surface area contributed by atoms with Gasteiger partial charge < -0.3 is 29.7 Å². The van der Waals surface area contributed by atoms with Crippen LogP contribution in [0, 0.1) is 46.5 Å². The van der Waals surface area contributed by atoms with Crippen molar-refractivity contribution in [3.8, 4) is 22.3 Å². The van der Waals surface area contributed by atoms with E-state index in [0.29, 0.717) is 29.7 Å². The van der Waals surface area contributed by atoms with Gasteiger partial charge in [-0.15, -0.1) is 0 Å². The average molecular weight is 975 g/mol. The number of pyridine rings is 3. The zero-order valence-corrected chi connectivity index (χ0v) is 42.2. The molecule has 1 aliphatic rings. The molecule has 376 valence electrons. The molecule has 14 heteroatoms. The number of hydrogen-bond donors (Lipinski definition) is 4. The van der Waals surface area contributed by atoms with Crippen LogP contribution in [0.4, 0.5) is 0 Å². The number of aromatic nitrogens is 3. The predicted octanol–water partition coefficient (Wildman–Crippen LogP) is 9.00. The van der Waals surface area contributed by atoms with E-state index in [4.69, 9.17) is 4.74 Å². The van der Waals surface area contributed by atoms with E-state index < -0.39 is 60.6 Å². The number of amides is 2. The Balaban J connectivity index is 1.13. The fourth-order valence-corrected chi connectivity index (χ4v) is 9.94. The molecule has 14 nitrogen and oxygen atoms in total. The molecule has 1 aliphatic heterocycles. The van der Waals surface area contributed by atoms with E-state index in [-0.39, 0.29) is 36.8 Å². The summed E-state index contributed by atoms with van der Waals surface area (Å²) in [6.07, 6.45) is 7.29. The maximum absolute atomic E-state index is 14.8. The molecule has 4 N–H and O–H groups in total. The number of hydrogen-bond acceptors (Lipinski definition) is 10. The first kappa shape index (κ1) is 52.5. The van der Waals surface area contributed by atoms with E-state index in [9.17, 15) is 34.2 Å². The van der Waals surface area contributed by atoms with Crippen LogP contribution in [0.25, 0.3) is 22.3 Å². The zero-order valence-electron chi connectivity index (χ0n) is 42.2. The number of esters is 1. The number of rotatable bonds is 20. The quantitative estimate of drug-likeness (QED) is 0.0422. The number of carbonyl (C=O) groups excluding carboxylic acids is 3. The van der Waals surface area contributed by atoms with Crippen LogP contribution >= 0.6 is 0 Å². The number of benzene rings is 3. The Hall–Kier alpha value is -7.29. The van der Waals surface area contributed by atoms with Crippen molar-refractivity contribution in [3.63, 3.8) is 0 Å². The number of ether oxygens (including phenoxy) is 1. The van der Waals surface area contributed by atoms with Gasteiger partial charge in [0.1, 0.15) is 12.3 Å². The molecule has 7 atom stereocenters. The van der Waals surface area contributed by atoms with Gasteiger partial charge in [-0.05, 0) is 128 Å². The second-order valence-corrected chi connectivity index (χ2v) is 19.6. The van der Waals surface area contributed by atoms with Crippen LogP contribution in [-0.2, 0) is 23.9 Å². The van der Waals surface area contributed by atoms with Crippen molar-refractivity contribution < 1.29 is 34.1 Å². The van der Waals surface area contributed by atoms with Gasteiger partial charge in [0.25, 0.3) is 5.56 Å². The normalized spacial score (nSPS) is 16.2. The zero-order chi connectivity index (χ0) is 51.6. The third kappa shape index (κ3) is 13.0. The number of aliphatic hydroxyl groups is 1. The molecule has 0 aliphatic carbocycles. The monoisotopic (exact) mass is 974 g/mol. The van der Waals surface area contributed by atoms with E-state index in [2.05, 4.69) is 27.5 Å². The Morgan fingerprint density at radius 2 is 1.33 bits per heavy atom. The minimum atomic E-state index is -1.44. The highest BCUT2D eigenvalue weighted by Gasteiger charge is 2.37. The molecule has 72 heavy (non-hydrogen) atoms. The lowest BCUT2D eigenvalue weighted by molar-refractivity contribution is -0.147. The summed E-state index contributed by atoms with van der Waals surface area (Å²) >= 11 is 0. The van der Waals surface area contributed by atoms with Gasteiger partial charge in [-0.2, -0.15) is 0 Å². The molecule has 1 saturated heterocycles. The number of aliphatic carboxylic acids is 1. The van der Waals surface area contributed by atoms with Crippen LogP contribution in [0.1, 0.15) is 115 Å². The maximum atomic E-state index is 14.8. The van der Waals surface area contributed by atoms with Gasteiger partial charge in [-0.1, -0.05) is 86.1 Å². The van der Waals surface area contributed by atoms with Crippen LogP contribution in [0.3, 0.4) is 0 Å². The summed E-state index contributed by atoms with van der Waals surface area (Å²) in [6, 6.07) is 24.2. The second-order valence-electron chi connectivity index (χ2n) is 19.6. The minimum absolute atomic E-state index is 0.114. The fourth-order valence-electron chi connectivity index (χ4n) is 9.94. The van der Waals surface area contributed by atoms with Gasteiger partial charge in [0.2, 0.25) is 11.8 Å². The Kier molecular flexibility index (Phi) is 17.3. The molecule has 0 spiro atoms. The highest BCUT2D eigenvalue weighted by atomic mass is 16.5. The molecule has 7 rings (SSSR count). The van der Waals surface area contributed by atoms with Gasteiger partial charge in [0.15, 0.2) is 0 Å². The molecular formula is C58H66N6O8. The highest BCUT2D eigenvalue weighted by molar-refractivity contribution is 5.90. The van der Waals surface area contributed by atoms with E-state index in [1.807, 2.05) is 114 Å². The number of aryl methyl sites for hydroxylation is 5. The number of nitrogens with one attached hydrogen (secondary N) is 2.